The highest BCUT2D eigenvalue weighted by Crippen LogP contribution is 2.40. The Labute approximate surface area is 229 Å². The number of methoxy groups -OCH3 is 1. The molecule has 39 heavy (non-hydrogen) atoms. The molecule has 198 valence electrons. The summed E-state index contributed by atoms with van der Waals surface area (Å²) in [6.45, 7) is 0.306. The third-order valence-electron chi connectivity index (χ3n) is 6.39. The maximum absolute atomic E-state index is 13.2. The van der Waals surface area contributed by atoms with Crippen LogP contribution in [0.2, 0.25) is 0 Å². The number of benzene rings is 2. The second-order valence-electron chi connectivity index (χ2n) is 8.90. The summed E-state index contributed by atoms with van der Waals surface area (Å²) in [4.78, 5) is 31.1. The topological polar surface area (TPSA) is 96.7 Å². The van der Waals surface area contributed by atoms with Gasteiger partial charge in [0.05, 0.1) is 24.4 Å². The highest BCUT2D eigenvalue weighted by Gasteiger charge is 2.41. The molecule has 4 aromatic rings. The van der Waals surface area contributed by atoms with E-state index >= 15 is 0 Å². The quantitative estimate of drug-likeness (QED) is 0.229. The average Bonchev–Trinajstić information content (AvgIpc) is 3.58. The predicted octanol–water partition coefficient (Wildman–Crippen LogP) is 5.27. The van der Waals surface area contributed by atoms with Crippen LogP contribution in [0, 0.1) is 5.82 Å². The first-order valence-corrected chi connectivity index (χ1v) is 12.7. The van der Waals surface area contributed by atoms with Crippen molar-refractivity contribution >= 4 is 34.9 Å². The van der Waals surface area contributed by atoms with E-state index in [0.717, 1.165) is 11.3 Å². The maximum Gasteiger partial charge on any atom is 0.337 e. The molecule has 1 aliphatic heterocycles. The number of ether oxygens (including phenoxy) is 1. The molecule has 1 saturated heterocycles. The monoisotopic (exact) mass is 544 g/mol. The van der Waals surface area contributed by atoms with Gasteiger partial charge in [0.1, 0.15) is 23.4 Å². The van der Waals surface area contributed by atoms with Gasteiger partial charge in [0, 0.05) is 30.4 Å². The zero-order chi connectivity index (χ0) is 27.4. The molecule has 5 rings (SSSR count). The minimum atomic E-state index is -0.436. The molecule has 2 aromatic heterocycles. The van der Waals surface area contributed by atoms with E-state index in [9.17, 15) is 14.0 Å². The average molecular weight is 545 g/mol. The Bertz CT molecular complexity index is 1490. The Morgan fingerprint density at radius 3 is 2.67 bits per heavy atom. The van der Waals surface area contributed by atoms with Gasteiger partial charge in [-0.25, -0.2) is 9.18 Å². The van der Waals surface area contributed by atoms with Gasteiger partial charge >= 0.3 is 5.97 Å². The first-order valence-electron chi connectivity index (χ1n) is 12.2. The standard InChI is InChI=1S/C29H25FN4O4S/c1-37-28(36)19-6-4-5-18(17-19)23-12-13-24(38-23)27-26(22-7-2-3-15-31-22)33-29(39)34(27)16-14-25(35)32-21-10-8-20(30)9-11-21/h2-13,15,17,26-27H,14,16H2,1H3,(H,32,35)(H,33,39)/t26-,27-/m0/s1. The van der Waals surface area contributed by atoms with Gasteiger partial charge in [-0.1, -0.05) is 18.2 Å². The number of hydrogen-bond donors (Lipinski definition) is 2. The van der Waals surface area contributed by atoms with Crippen molar-refractivity contribution in [1.29, 1.82) is 0 Å². The number of halogens is 1. The van der Waals surface area contributed by atoms with Crippen molar-refractivity contribution in [1.82, 2.24) is 15.2 Å². The van der Waals surface area contributed by atoms with Gasteiger partial charge in [-0.15, -0.1) is 0 Å². The Balaban J connectivity index is 1.40. The first kappa shape index (κ1) is 26.1. The molecule has 8 nitrogen and oxygen atoms in total. The van der Waals surface area contributed by atoms with Crippen LogP contribution < -0.4 is 10.6 Å². The van der Waals surface area contributed by atoms with Crippen molar-refractivity contribution in [3.63, 3.8) is 0 Å². The first-order chi connectivity index (χ1) is 18.9. The summed E-state index contributed by atoms with van der Waals surface area (Å²) < 4.78 is 24.4. The fraction of sp³-hybridized carbons (Fsp3) is 0.172. The number of nitrogens with zero attached hydrogens (tertiary/aromatic N) is 2. The molecule has 0 unspecified atom stereocenters. The zero-order valence-electron chi connectivity index (χ0n) is 21.0. The normalized spacial score (nSPS) is 16.6. The Morgan fingerprint density at radius 2 is 1.92 bits per heavy atom. The van der Waals surface area contributed by atoms with Crippen LogP contribution in [0.3, 0.4) is 0 Å². The van der Waals surface area contributed by atoms with E-state index < -0.39 is 5.97 Å². The summed E-state index contributed by atoms with van der Waals surface area (Å²) in [5.41, 5.74) is 2.42. The minimum Gasteiger partial charge on any atom is -0.465 e. The fourth-order valence-corrected chi connectivity index (χ4v) is 4.85. The van der Waals surface area contributed by atoms with Gasteiger partial charge in [-0.2, -0.15) is 0 Å². The number of rotatable bonds is 8. The highest BCUT2D eigenvalue weighted by atomic mass is 32.1. The minimum absolute atomic E-state index is 0.138. The fourth-order valence-electron chi connectivity index (χ4n) is 4.52. The number of esters is 1. The number of pyridine rings is 1. The molecule has 0 aliphatic carbocycles. The van der Waals surface area contributed by atoms with Crippen LogP contribution in [0.4, 0.5) is 10.1 Å². The lowest BCUT2D eigenvalue weighted by Crippen LogP contribution is -2.32. The van der Waals surface area contributed by atoms with Crippen LogP contribution in [0.15, 0.2) is 89.5 Å². The number of amides is 1. The second-order valence-corrected chi connectivity index (χ2v) is 9.29. The van der Waals surface area contributed by atoms with Gasteiger partial charge in [0.2, 0.25) is 5.91 Å². The van der Waals surface area contributed by atoms with Crippen LogP contribution >= 0.6 is 12.2 Å². The molecular formula is C29H25FN4O4S. The smallest absolute Gasteiger partial charge is 0.337 e. The summed E-state index contributed by atoms with van der Waals surface area (Å²) in [7, 11) is 1.34. The number of thiocarbonyl (C=S) groups is 1. The molecule has 1 fully saturated rings. The number of furan rings is 1. The second kappa shape index (κ2) is 11.4. The van der Waals surface area contributed by atoms with E-state index in [4.69, 9.17) is 21.4 Å². The Morgan fingerprint density at radius 1 is 1.10 bits per heavy atom. The lowest BCUT2D eigenvalue weighted by atomic mass is 10.0. The van der Waals surface area contributed by atoms with E-state index in [2.05, 4.69) is 15.6 Å². The number of anilines is 1. The third kappa shape index (κ3) is 5.80. The summed E-state index contributed by atoms with van der Waals surface area (Å²) >= 11 is 5.67. The lowest BCUT2D eigenvalue weighted by molar-refractivity contribution is -0.116. The van der Waals surface area contributed by atoms with E-state index in [1.54, 1.807) is 24.4 Å². The summed E-state index contributed by atoms with van der Waals surface area (Å²) in [5, 5.41) is 6.58. The maximum atomic E-state index is 13.2. The number of nitrogens with one attached hydrogen (secondary N) is 2. The number of aromatic nitrogens is 1. The van der Waals surface area contributed by atoms with Crippen molar-refractivity contribution in [2.75, 3.05) is 19.0 Å². The molecule has 10 heteroatoms. The number of carbonyl (C=O) groups excluding carboxylic acids is 2. The van der Waals surface area contributed by atoms with Gasteiger partial charge in [-0.05, 0) is 72.9 Å². The SMILES string of the molecule is COC(=O)c1cccc(-c2ccc([C@H]3[C@H](c4ccccn4)NC(=S)N3CCC(=O)Nc3ccc(F)cc3)o2)c1. The molecule has 0 bridgehead atoms. The van der Waals surface area contributed by atoms with Crippen LogP contribution in [-0.2, 0) is 9.53 Å². The van der Waals surface area contributed by atoms with Crippen LogP contribution in [0.5, 0.6) is 0 Å². The molecule has 2 N–H and O–H groups in total. The summed E-state index contributed by atoms with van der Waals surface area (Å²) in [6, 6.07) is 21.2. The molecule has 0 radical (unpaired) electrons. The third-order valence-corrected chi connectivity index (χ3v) is 6.74. The Hall–Kier alpha value is -4.57. The van der Waals surface area contributed by atoms with Gasteiger partial charge in [0.15, 0.2) is 5.11 Å². The predicted molar refractivity (Wildman–Crippen MR) is 147 cm³/mol. The van der Waals surface area contributed by atoms with Crippen molar-refractivity contribution < 1.29 is 23.1 Å². The van der Waals surface area contributed by atoms with Crippen molar-refractivity contribution in [3.8, 4) is 11.3 Å². The molecule has 0 spiro atoms. The molecule has 3 heterocycles. The van der Waals surface area contributed by atoms with Gasteiger partial charge in [0.25, 0.3) is 0 Å². The van der Waals surface area contributed by atoms with Crippen LogP contribution in [0.1, 0.15) is 40.3 Å². The van der Waals surface area contributed by atoms with Gasteiger partial charge in [-0.3, -0.25) is 9.78 Å². The molecule has 0 saturated carbocycles. The molecule has 1 aliphatic rings. The van der Waals surface area contributed by atoms with Gasteiger partial charge < -0.3 is 24.7 Å². The van der Waals surface area contributed by atoms with Crippen molar-refractivity contribution in [3.05, 3.63) is 108 Å². The largest absolute Gasteiger partial charge is 0.465 e. The summed E-state index contributed by atoms with van der Waals surface area (Å²) in [5.74, 6) is 0.149. The zero-order valence-corrected chi connectivity index (χ0v) is 21.8. The van der Waals surface area contributed by atoms with E-state index in [-0.39, 0.29) is 30.2 Å². The summed E-state index contributed by atoms with van der Waals surface area (Å²) in [6.07, 6.45) is 1.85. The van der Waals surface area contributed by atoms with Crippen LogP contribution in [0.25, 0.3) is 11.3 Å². The number of carbonyl (C=O) groups is 2. The number of hydrogen-bond acceptors (Lipinski definition) is 6. The van der Waals surface area contributed by atoms with E-state index in [1.165, 1.54) is 31.4 Å². The highest BCUT2D eigenvalue weighted by molar-refractivity contribution is 7.80. The van der Waals surface area contributed by atoms with E-state index in [1.807, 2.05) is 41.3 Å². The molecular weight excluding hydrogens is 519 g/mol. The van der Waals surface area contributed by atoms with Crippen molar-refractivity contribution in [2.45, 2.75) is 18.5 Å². The Kier molecular flexibility index (Phi) is 7.64. The molecule has 1 amide bonds. The van der Waals surface area contributed by atoms with Crippen LogP contribution in [-0.4, -0.2) is 40.5 Å². The molecule has 2 aromatic carbocycles. The van der Waals surface area contributed by atoms with E-state index in [0.29, 0.717) is 34.4 Å². The van der Waals surface area contributed by atoms with Crippen molar-refractivity contribution in [2.24, 2.45) is 0 Å². The lowest BCUT2D eigenvalue weighted by Gasteiger charge is -2.25. The molecule has 2 atom stereocenters.